The third-order valence-electron chi connectivity index (χ3n) is 4.62. The molecule has 3 nitrogen and oxygen atoms in total. The molecule has 2 fully saturated rings. The van der Waals surface area contributed by atoms with Crippen LogP contribution in [0.5, 0.6) is 0 Å². The summed E-state index contributed by atoms with van der Waals surface area (Å²) >= 11 is 0. The van der Waals surface area contributed by atoms with Crippen LogP contribution in [-0.4, -0.2) is 18.1 Å². The molecule has 20 heavy (non-hydrogen) atoms. The molecule has 1 saturated carbocycles. The Morgan fingerprint density at radius 3 is 2.80 bits per heavy atom. The Bertz CT molecular complexity index is 432. The topological polar surface area (TPSA) is 38.3 Å². The van der Waals surface area contributed by atoms with Crippen LogP contribution >= 0.6 is 0 Å². The van der Waals surface area contributed by atoms with Crippen molar-refractivity contribution in [3.05, 3.63) is 35.9 Å². The zero-order chi connectivity index (χ0) is 13.8. The third kappa shape index (κ3) is 3.21. The van der Waals surface area contributed by atoms with Gasteiger partial charge in [-0.15, -0.1) is 0 Å². The number of hydrogen-bond acceptors (Lipinski definition) is 3. The molecule has 3 atom stereocenters. The van der Waals surface area contributed by atoms with Gasteiger partial charge in [0.2, 0.25) is 0 Å². The number of carbonyl (C=O) groups is 1. The summed E-state index contributed by atoms with van der Waals surface area (Å²) in [6.07, 6.45) is 7.39. The van der Waals surface area contributed by atoms with Crippen molar-refractivity contribution in [1.29, 1.82) is 0 Å². The molecule has 0 aromatic heterocycles. The van der Waals surface area contributed by atoms with E-state index in [2.05, 4.69) is 5.32 Å². The molecular weight excluding hydrogens is 250 g/mol. The van der Waals surface area contributed by atoms with Crippen LogP contribution in [0.15, 0.2) is 30.3 Å². The fourth-order valence-electron chi connectivity index (χ4n) is 3.51. The lowest BCUT2D eigenvalue weighted by Gasteiger charge is -2.15. The number of esters is 1. The van der Waals surface area contributed by atoms with Gasteiger partial charge in [-0.2, -0.15) is 0 Å². The summed E-state index contributed by atoms with van der Waals surface area (Å²) in [6.45, 7) is 0.382. The minimum atomic E-state index is -0.0909. The quantitative estimate of drug-likeness (QED) is 0.860. The smallest absolute Gasteiger partial charge is 0.323 e. The summed E-state index contributed by atoms with van der Waals surface area (Å²) in [4.78, 5) is 12.2. The summed E-state index contributed by atoms with van der Waals surface area (Å²) in [5, 5.41) is 3.49. The number of benzene rings is 1. The Morgan fingerprint density at radius 1 is 1.15 bits per heavy atom. The lowest BCUT2D eigenvalue weighted by atomic mass is 9.94. The van der Waals surface area contributed by atoms with Crippen LogP contribution in [0.1, 0.15) is 44.1 Å². The molecule has 0 amide bonds. The number of hydrogen-bond donors (Lipinski definition) is 1. The Hall–Kier alpha value is -1.35. The molecular formula is C17H23NO2. The van der Waals surface area contributed by atoms with E-state index in [4.69, 9.17) is 4.74 Å². The average molecular weight is 273 g/mol. The third-order valence-corrected chi connectivity index (χ3v) is 4.62. The average Bonchev–Trinajstić information content (AvgIpc) is 2.77. The van der Waals surface area contributed by atoms with Crippen molar-refractivity contribution in [3.63, 3.8) is 0 Å². The lowest BCUT2D eigenvalue weighted by Crippen LogP contribution is -2.37. The van der Waals surface area contributed by atoms with Crippen LogP contribution in [0, 0.1) is 5.92 Å². The maximum absolute atomic E-state index is 12.2. The predicted molar refractivity (Wildman–Crippen MR) is 78.1 cm³/mol. The van der Waals surface area contributed by atoms with Crippen molar-refractivity contribution in [1.82, 2.24) is 5.32 Å². The van der Waals surface area contributed by atoms with Crippen molar-refractivity contribution in [3.8, 4) is 0 Å². The van der Waals surface area contributed by atoms with E-state index in [0.29, 0.717) is 18.6 Å². The van der Waals surface area contributed by atoms with Gasteiger partial charge in [-0.1, -0.05) is 49.6 Å². The molecule has 3 unspecified atom stereocenters. The lowest BCUT2D eigenvalue weighted by molar-refractivity contribution is -0.147. The number of ether oxygens (including phenoxy) is 1. The molecule has 2 aliphatic rings. The van der Waals surface area contributed by atoms with Gasteiger partial charge in [0, 0.05) is 6.04 Å². The Balaban J connectivity index is 1.51. The molecule has 1 N–H and O–H groups in total. The highest BCUT2D eigenvalue weighted by molar-refractivity contribution is 5.76. The number of nitrogens with one attached hydrogen (secondary N) is 1. The van der Waals surface area contributed by atoms with Crippen molar-refractivity contribution >= 4 is 5.97 Å². The maximum Gasteiger partial charge on any atom is 0.323 e. The molecule has 1 heterocycles. The summed E-state index contributed by atoms with van der Waals surface area (Å²) < 4.78 is 5.45. The first-order valence-electron chi connectivity index (χ1n) is 7.79. The Labute approximate surface area is 120 Å². The van der Waals surface area contributed by atoms with Crippen LogP contribution in [0.3, 0.4) is 0 Å². The predicted octanol–water partition coefficient (Wildman–Crippen LogP) is 3.04. The zero-order valence-corrected chi connectivity index (χ0v) is 11.9. The van der Waals surface area contributed by atoms with Crippen molar-refractivity contribution in [2.75, 3.05) is 0 Å². The number of carbonyl (C=O) groups excluding carboxylic acids is 1. The first-order chi connectivity index (χ1) is 9.83. The molecule has 1 aromatic carbocycles. The largest absolute Gasteiger partial charge is 0.460 e. The Kier molecular flexibility index (Phi) is 4.36. The summed E-state index contributed by atoms with van der Waals surface area (Å²) in [5.74, 6) is 0.591. The minimum absolute atomic E-state index is 0.0815. The first kappa shape index (κ1) is 13.6. The van der Waals surface area contributed by atoms with Gasteiger partial charge in [-0.05, 0) is 30.7 Å². The molecule has 3 heteroatoms. The zero-order valence-electron chi connectivity index (χ0n) is 11.9. The molecule has 0 spiro atoms. The van der Waals surface area contributed by atoms with E-state index in [0.717, 1.165) is 12.0 Å². The van der Waals surface area contributed by atoms with Crippen molar-refractivity contribution in [2.45, 2.75) is 57.2 Å². The molecule has 1 aliphatic carbocycles. The highest BCUT2D eigenvalue weighted by Crippen LogP contribution is 2.32. The summed E-state index contributed by atoms with van der Waals surface area (Å²) in [7, 11) is 0. The van der Waals surface area contributed by atoms with E-state index in [1.54, 1.807) is 0 Å². The van der Waals surface area contributed by atoms with E-state index in [1.807, 2.05) is 30.3 Å². The van der Waals surface area contributed by atoms with Crippen molar-refractivity contribution in [2.24, 2.45) is 5.92 Å². The van der Waals surface area contributed by atoms with Gasteiger partial charge in [0.05, 0.1) is 0 Å². The molecule has 1 saturated heterocycles. The van der Waals surface area contributed by atoms with Gasteiger partial charge >= 0.3 is 5.97 Å². The van der Waals surface area contributed by atoms with Gasteiger partial charge in [-0.25, -0.2) is 0 Å². The molecule has 108 valence electrons. The van der Waals surface area contributed by atoms with Crippen LogP contribution < -0.4 is 5.32 Å². The van der Waals surface area contributed by atoms with E-state index >= 15 is 0 Å². The van der Waals surface area contributed by atoms with Gasteiger partial charge in [0.1, 0.15) is 12.6 Å². The van der Waals surface area contributed by atoms with Gasteiger partial charge in [0.25, 0.3) is 0 Å². The second-order valence-corrected chi connectivity index (χ2v) is 6.05. The molecule has 3 rings (SSSR count). The highest BCUT2D eigenvalue weighted by Gasteiger charge is 2.38. The first-order valence-corrected chi connectivity index (χ1v) is 7.79. The molecule has 0 bridgehead atoms. The van der Waals surface area contributed by atoms with E-state index < -0.39 is 0 Å². The van der Waals surface area contributed by atoms with E-state index in [-0.39, 0.29) is 12.0 Å². The second-order valence-electron chi connectivity index (χ2n) is 6.05. The monoisotopic (exact) mass is 273 g/mol. The SMILES string of the molecule is O=C(OCc1ccccc1)C1CC2CCCCCC2N1. The van der Waals surface area contributed by atoms with Gasteiger partial charge < -0.3 is 10.1 Å². The fourth-order valence-corrected chi connectivity index (χ4v) is 3.51. The van der Waals surface area contributed by atoms with Crippen LogP contribution in [0.2, 0.25) is 0 Å². The molecule has 1 aliphatic heterocycles. The number of fused-ring (bicyclic) bond motifs is 1. The second kappa shape index (κ2) is 6.40. The Morgan fingerprint density at radius 2 is 1.95 bits per heavy atom. The van der Waals surface area contributed by atoms with Crippen LogP contribution in [0.4, 0.5) is 0 Å². The van der Waals surface area contributed by atoms with Crippen molar-refractivity contribution < 1.29 is 9.53 Å². The van der Waals surface area contributed by atoms with E-state index in [9.17, 15) is 4.79 Å². The normalized spacial score (nSPS) is 29.5. The van der Waals surface area contributed by atoms with E-state index in [1.165, 1.54) is 32.1 Å². The standard InChI is InChI=1S/C17H23NO2/c19-17(20-12-13-7-3-1-4-8-13)16-11-14-9-5-2-6-10-15(14)18-16/h1,3-4,7-8,14-16,18H,2,5-6,9-12H2. The maximum atomic E-state index is 12.2. The van der Waals surface area contributed by atoms with Gasteiger partial charge in [-0.3, -0.25) is 4.79 Å². The summed E-state index contributed by atoms with van der Waals surface area (Å²) in [6, 6.07) is 10.3. The minimum Gasteiger partial charge on any atom is -0.460 e. The van der Waals surface area contributed by atoms with Crippen LogP contribution in [0.25, 0.3) is 0 Å². The molecule has 0 radical (unpaired) electrons. The highest BCUT2D eigenvalue weighted by atomic mass is 16.5. The summed E-state index contributed by atoms with van der Waals surface area (Å²) in [5.41, 5.74) is 1.05. The van der Waals surface area contributed by atoms with Crippen LogP contribution in [-0.2, 0) is 16.1 Å². The molecule has 1 aromatic rings. The number of rotatable bonds is 3. The fraction of sp³-hybridized carbons (Fsp3) is 0.588. The van der Waals surface area contributed by atoms with Gasteiger partial charge in [0.15, 0.2) is 0 Å².